The highest BCUT2D eigenvalue weighted by Gasteiger charge is 2.35. The van der Waals surface area contributed by atoms with Crippen LogP contribution in [0.2, 0.25) is 0 Å². The Balaban J connectivity index is 0.00000420. The summed E-state index contributed by atoms with van der Waals surface area (Å²) >= 11 is 0. The van der Waals surface area contributed by atoms with Crippen LogP contribution in [0, 0.1) is 33.6 Å². The molecule has 0 atom stereocenters. The maximum atomic E-state index is 13.9. The number of carbonyl (C=O) groups excluding carboxylic acids is 1. The maximum absolute atomic E-state index is 13.9. The molecule has 3 heterocycles. The molecule has 2 N–H and O–H groups in total. The van der Waals surface area contributed by atoms with Gasteiger partial charge in [-0.3, -0.25) is 4.98 Å². The number of aryl methyl sites for hydroxylation is 4. The fraction of sp³-hybridized carbons (Fsp3) is 0.357. The number of hydrogen-bond donors (Lipinski definition) is 1. The average molecular weight is 559 g/mol. The molecule has 0 amide bonds. The number of benzene rings is 1. The third-order valence-corrected chi connectivity index (χ3v) is 6.17. The monoisotopic (exact) mass is 558 g/mol. The first kappa shape index (κ1) is 29.7. The number of nitrogens with two attached hydrogens (primary N) is 1. The van der Waals surface area contributed by atoms with Crippen LogP contribution in [0.25, 0.3) is 11.1 Å². The molecule has 0 bridgehead atoms. The number of nitrogens with zero attached hydrogens (tertiary/aromatic N) is 1. The first-order chi connectivity index (χ1) is 18.0. The first-order valence-electron chi connectivity index (χ1n) is 12.2. The summed E-state index contributed by atoms with van der Waals surface area (Å²) in [5, 5.41) is 0. The lowest BCUT2D eigenvalue weighted by Gasteiger charge is -2.21. The van der Waals surface area contributed by atoms with Crippen molar-refractivity contribution < 1.29 is 27.2 Å². The van der Waals surface area contributed by atoms with Gasteiger partial charge in [0, 0.05) is 17.8 Å². The lowest BCUT2D eigenvalue weighted by molar-refractivity contribution is 0.0283. The van der Waals surface area contributed by atoms with Gasteiger partial charge in [0.1, 0.15) is 0 Å². The molecule has 4 rings (SSSR count). The molecule has 0 saturated heterocycles. The fourth-order valence-electron chi connectivity index (χ4n) is 4.45. The van der Waals surface area contributed by atoms with Gasteiger partial charge in [-0.05, 0) is 51.2 Å². The summed E-state index contributed by atoms with van der Waals surface area (Å²) in [6.07, 6.45) is -0.759. The van der Waals surface area contributed by atoms with Crippen LogP contribution in [0.3, 0.4) is 0 Å². The minimum Gasteiger partial charge on any atom is -0.442 e. The predicted octanol–water partition coefficient (Wildman–Crippen LogP) is 5.10. The number of esters is 1. The molecular formula is C28H31ClN2O8. The zero-order valence-corrected chi connectivity index (χ0v) is 23.4. The van der Waals surface area contributed by atoms with Crippen molar-refractivity contribution in [1.29, 1.82) is 0 Å². The molecule has 0 saturated carbocycles. The Morgan fingerprint density at radius 2 is 1.46 bits per heavy atom. The van der Waals surface area contributed by atoms with Crippen LogP contribution in [0.15, 0.2) is 51.5 Å². The number of aromatic nitrogens is 1. The van der Waals surface area contributed by atoms with Gasteiger partial charge in [0.15, 0.2) is 23.0 Å². The highest BCUT2D eigenvalue weighted by atomic mass is 35.5. The van der Waals surface area contributed by atoms with Crippen LogP contribution >= 0.6 is 12.4 Å². The Morgan fingerprint density at radius 3 is 1.90 bits per heavy atom. The van der Waals surface area contributed by atoms with Crippen LogP contribution in [0.1, 0.15) is 75.9 Å². The topological polar surface area (TPSA) is 152 Å². The molecule has 0 spiro atoms. The lowest BCUT2D eigenvalue weighted by atomic mass is 9.89. The highest BCUT2D eigenvalue weighted by Crippen LogP contribution is 2.36. The van der Waals surface area contributed by atoms with E-state index in [0.29, 0.717) is 23.6 Å². The van der Waals surface area contributed by atoms with Gasteiger partial charge in [0.05, 0.1) is 11.3 Å². The molecule has 0 radical (unpaired) electrons. The molecule has 3 aromatic heterocycles. The summed E-state index contributed by atoms with van der Waals surface area (Å²) in [5.74, 6) is -2.62. The van der Waals surface area contributed by atoms with Gasteiger partial charge in [-0.15, -0.1) is 12.4 Å². The normalized spacial score (nSPS) is 11.2. The van der Waals surface area contributed by atoms with Gasteiger partial charge in [0.2, 0.25) is 6.10 Å². The summed E-state index contributed by atoms with van der Waals surface area (Å²) in [6, 6.07) is 7.71. The number of pyridine rings is 1. The second kappa shape index (κ2) is 11.9. The number of hydrogen-bond acceptors (Lipinski definition) is 10. The Morgan fingerprint density at radius 1 is 0.923 bits per heavy atom. The number of carbonyl (C=O) groups is 1. The van der Waals surface area contributed by atoms with Crippen LogP contribution < -0.4 is 17.4 Å². The van der Waals surface area contributed by atoms with Crippen LogP contribution in [0.4, 0.5) is 0 Å². The Kier molecular flexibility index (Phi) is 9.03. The van der Waals surface area contributed by atoms with Crippen molar-refractivity contribution in [2.24, 2.45) is 11.7 Å². The maximum Gasteiger partial charge on any atom is 0.519 e. The Hall–Kier alpha value is -3.89. The lowest BCUT2D eigenvalue weighted by Crippen LogP contribution is -2.19. The molecule has 11 heteroatoms. The number of rotatable bonds is 8. The minimum atomic E-state index is -1.43. The summed E-state index contributed by atoms with van der Waals surface area (Å²) in [5.41, 5.74) is 10.8. The zero-order chi connectivity index (χ0) is 27.7. The van der Waals surface area contributed by atoms with Crippen LogP contribution in [-0.2, 0) is 17.7 Å². The predicted molar refractivity (Wildman–Crippen MR) is 144 cm³/mol. The van der Waals surface area contributed by atoms with E-state index in [-0.39, 0.29) is 47.6 Å². The van der Waals surface area contributed by atoms with Gasteiger partial charge >= 0.3 is 17.6 Å². The van der Waals surface area contributed by atoms with E-state index in [1.54, 1.807) is 6.92 Å². The quantitative estimate of drug-likeness (QED) is 0.289. The summed E-state index contributed by atoms with van der Waals surface area (Å²) in [7, 11) is 0. The molecule has 0 aliphatic heterocycles. The minimum absolute atomic E-state index is 0. The fourth-order valence-corrected chi connectivity index (χ4v) is 4.45. The average Bonchev–Trinajstić information content (AvgIpc) is 3.36. The molecule has 4 aromatic rings. The summed E-state index contributed by atoms with van der Waals surface area (Å²) in [6.45, 7) is 10.9. The van der Waals surface area contributed by atoms with E-state index in [4.69, 9.17) is 33.1 Å². The summed E-state index contributed by atoms with van der Waals surface area (Å²) < 4.78 is 26.1. The van der Waals surface area contributed by atoms with Crippen molar-refractivity contribution in [3.05, 3.63) is 96.6 Å². The van der Waals surface area contributed by atoms with Gasteiger partial charge in [-0.1, -0.05) is 43.7 Å². The van der Waals surface area contributed by atoms with Crippen molar-refractivity contribution in [3.8, 4) is 11.1 Å². The van der Waals surface area contributed by atoms with Crippen LogP contribution in [0.5, 0.6) is 0 Å². The van der Waals surface area contributed by atoms with Crippen molar-refractivity contribution in [2.75, 3.05) is 0 Å². The Bertz CT molecular complexity index is 1540. The second-order valence-corrected chi connectivity index (χ2v) is 9.58. The smallest absolute Gasteiger partial charge is 0.442 e. The van der Waals surface area contributed by atoms with E-state index in [1.807, 2.05) is 31.2 Å². The van der Waals surface area contributed by atoms with Gasteiger partial charge in [0.25, 0.3) is 0 Å². The summed E-state index contributed by atoms with van der Waals surface area (Å²) in [4.78, 5) is 42.3. The van der Waals surface area contributed by atoms with E-state index >= 15 is 0 Å². The molecule has 10 nitrogen and oxygen atoms in total. The van der Waals surface area contributed by atoms with Crippen molar-refractivity contribution in [2.45, 2.75) is 60.6 Å². The molecule has 208 valence electrons. The van der Waals surface area contributed by atoms with Gasteiger partial charge in [-0.2, -0.15) is 0 Å². The number of halogens is 1. The zero-order valence-electron chi connectivity index (χ0n) is 22.6. The van der Waals surface area contributed by atoms with E-state index in [0.717, 1.165) is 22.4 Å². The molecule has 39 heavy (non-hydrogen) atoms. The standard InChI is InChI=1S/C28H30N2O8.ClH/c1-13(2)11-20-19(12-29)22(18-9-7-14(3)8-10-18)21(15(4)30-20)26(31)36-25(23-16(5)34-27(32)37-23)24-17(6)35-28(33)38-24;/h7-10,13,25H,11-12,29H2,1-6H3;1H. The highest BCUT2D eigenvalue weighted by molar-refractivity contribution is 5.99. The SMILES string of the molecule is Cc1ccc(-c2c(CN)c(CC(C)C)nc(C)c2C(=O)OC(c2oc(=O)oc2C)c2oc(=O)oc2C)cc1.Cl. The Labute approximate surface area is 230 Å². The molecule has 0 aliphatic carbocycles. The van der Waals surface area contributed by atoms with E-state index in [1.165, 1.54) is 13.8 Å². The third kappa shape index (κ3) is 6.07. The van der Waals surface area contributed by atoms with Crippen LogP contribution in [-0.4, -0.2) is 11.0 Å². The number of ether oxygens (including phenoxy) is 1. The van der Waals surface area contributed by atoms with Crippen molar-refractivity contribution >= 4 is 18.4 Å². The van der Waals surface area contributed by atoms with Crippen molar-refractivity contribution in [1.82, 2.24) is 4.98 Å². The van der Waals surface area contributed by atoms with E-state index in [9.17, 15) is 14.4 Å². The second-order valence-electron chi connectivity index (χ2n) is 9.58. The first-order valence-corrected chi connectivity index (χ1v) is 12.2. The van der Waals surface area contributed by atoms with Gasteiger partial charge < -0.3 is 28.1 Å². The third-order valence-electron chi connectivity index (χ3n) is 6.17. The van der Waals surface area contributed by atoms with Crippen molar-refractivity contribution in [3.63, 3.8) is 0 Å². The van der Waals surface area contributed by atoms with E-state index in [2.05, 4.69) is 13.8 Å². The van der Waals surface area contributed by atoms with Gasteiger partial charge in [-0.25, -0.2) is 14.4 Å². The molecular weight excluding hydrogens is 528 g/mol. The molecule has 0 aliphatic rings. The molecule has 1 aromatic carbocycles. The molecule has 0 fully saturated rings. The van der Waals surface area contributed by atoms with E-state index < -0.39 is 23.7 Å². The largest absolute Gasteiger partial charge is 0.519 e. The molecule has 0 unspecified atom stereocenters.